The number of rotatable bonds is 4. The number of carboxylic acids is 1. The molecule has 1 aromatic rings. The van der Waals surface area contributed by atoms with Crippen molar-refractivity contribution in [1.82, 2.24) is 9.97 Å². The van der Waals surface area contributed by atoms with Crippen molar-refractivity contribution in [2.75, 3.05) is 5.32 Å². The van der Waals surface area contributed by atoms with Crippen molar-refractivity contribution in [3.05, 3.63) is 16.5 Å². The molecule has 0 saturated heterocycles. The Bertz CT molecular complexity index is 526. The van der Waals surface area contributed by atoms with Gasteiger partial charge in [-0.1, -0.05) is 20.8 Å². The molecule has 0 radical (unpaired) electrons. The Morgan fingerprint density at radius 2 is 2.10 bits per heavy atom. The van der Waals surface area contributed by atoms with Gasteiger partial charge in [-0.2, -0.15) is 0 Å². The molecule has 1 aliphatic rings. The minimum absolute atomic E-state index is 0.0416. The summed E-state index contributed by atoms with van der Waals surface area (Å²) in [6.07, 6.45) is 2.90. The molecule has 0 saturated carbocycles. The van der Waals surface area contributed by atoms with Crippen LogP contribution in [0.1, 0.15) is 44.9 Å². The molecule has 6 heteroatoms. The SMILES string of the molecule is CC(C)(C)[C@@H](CC(=O)O)Nc1nc(Cl)nc2c1CCC2. The maximum atomic E-state index is 11.0. The Hall–Kier alpha value is -1.36. The molecule has 1 aliphatic carbocycles. The fraction of sp³-hybridized carbons (Fsp3) is 0.643. The number of carboxylic acid groups (broad SMARTS) is 1. The van der Waals surface area contributed by atoms with Gasteiger partial charge in [0.1, 0.15) is 5.82 Å². The highest BCUT2D eigenvalue weighted by Crippen LogP contribution is 2.31. The zero-order valence-electron chi connectivity index (χ0n) is 12.0. The van der Waals surface area contributed by atoms with E-state index in [9.17, 15) is 4.79 Å². The van der Waals surface area contributed by atoms with Crippen LogP contribution in [0.15, 0.2) is 0 Å². The molecule has 1 atom stereocenters. The van der Waals surface area contributed by atoms with Crippen LogP contribution in [-0.2, 0) is 17.6 Å². The summed E-state index contributed by atoms with van der Waals surface area (Å²) >= 11 is 5.95. The average Bonchev–Trinajstić information content (AvgIpc) is 2.74. The van der Waals surface area contributed by atoms with E-state index in [1.807, 2.05) is 20.8 Å². The Kier molecular flexibility index (Phi) is 4.18. The Balaban J connectivity index is 2.29. The molecule has 20 heavy (non-hydrogen) atoms. The Labute approximate surface area is 123 Å². The topological polar surface area (TPSA) is 75.1 Å². The quantitative estimate of drug-likeness (QED) is 0.836. The van der Waals surface area contributed by atoms with Gasteiger partial charge in [0, 0.05) is 11.6 Å². The lowest BCUT2D eigenvalue weighted by Gasteiger charge is -2.31. The van der Waals surface area contributed by atoms with E-state index >= 15 is 0 Å². The predicted octanol–water partition coefficient (Wildman–Crippen LogP) is 2.92. The molecule has 0 amide bonds. The van der Waals surface area contributed by atoms with E-state index < -0.39 is 5.97 Å². The second-order valence-electron chi connectivity index (χ2n) is 6.28. The normalized spacial score (nSPS) is 15.8. The summed E-state index contributed by atoms with van der Waals surface area (Å²) in [7, 11) is 0. The highest BCUT2D eigenvalue weighted by molar-refractivity contribution is 6.28. The predicted molar refractivity (Wildman–Crippen MR) is 78.2 cm³/mol. The fourth-order valence-corrected chi connectivity index (χ4v) is 2.62. The van der Waals surface area contributed by atoms with Gasteiger partial charge < -0.3 is 10.4 Å². The molecule has 5 nitrogen and oxygen atoms in total. The van der Waals surface area contributed by atoms with Crippen molar-refractivity contribution in [3.8, 4) is 0 Å². The van der Waals surface area contributed by atoms with E-state index in [1.165, 1.54) is 0 Å². The van der Waals surface area contributed by atoms with Gasteiger partial charge in [0.25, 0.3) is 0 Å². The lowest BCUT2D eigenvalue weighted by Crippen LogP contribution is -2.36. The average molecular weight is 298 g/mol. The van der Waals surface area contributed by atoms with Gasteiger partial charge in [-0.25, -0.2) is 9.97 Å². The third kappa shape index (κ3) is 3.39. The van der Waals surface area contributed by atoms with Crippen LogP contribution < -0.4 is 5.32 Å². The number of nitrogens with one attached hydrogen (secondary N) is 1. The minimum Gasteiger partial charge on any atom is -0.481 e. The van der Waals surface area contributed by atoms with E-state index in [1.54, 1.807) is 0 Å². The summed E-state index contributed by atoms with van der Waals surface area (Å²) in [6, 6.07) is -0.212. The van der Waals surface area contributed by atoms with Crippen molar-refractivity contribution < 1.29 is 9.90 Å². The molecule has 2 rings (SSSR count). The first-order chi connectivity index (χ1) is 9.27. The number of aliphatic carboxylic acids is 1. The number of fused-ring (bicyclic) bond motifs is 1. The summed E-state index contributed by atoms with van der Waals surface area (Å²) < 4.78 is 0. The fourth-order valence-electron chi connectivity index (χ4n) is 2.44. The monoisotopic (exact) mass is 297 g/mol. The lowest BCUT2D eigenvalue weighted by molar-refractivity contribution is -0.137. The van der Waals surface area contributed by atoms with Crippen molar-refractivity contribution in [3.63, 3.8) is 0 Å². The zero-order chi connectivity index (χ0) is 14.9. The van der Waals surface area contributed by atoms with E-state index in [-0.39, 0.29) is 23.2 Å². The third-order valence-electron chi connectivity index (χ3n) is 3.64. The van der Waals surface area contributed by atoms with E-state index in [0.29, 0.717) is 5.82 Å². The van der Waals surface area contributed by atoms with Gasteiger partial charge in [0.05, 0.1) is 12.1 Å². The summed E-state index contributed by atoms with van der Waals surface area (Å²) in [5.41, 5.74) is 1.87. The van der Waals surface area contributed by atoms with Crippen LogP contribution in [0.2, 0.25) is 5.28 Å². The summed E-state index contributed by atoms with van der Waals surface area (Å²) in [4.78, 5) is 19.5. The maximum Gasteiger partial charge on any atom is 0.305 e. The number of carbonyl (C=O) groups is 1. The van der Waals surface area contributed by atoms with Crippen molar-refractivity contribution in [2.24, 2.45) is 5.41 Å². The van der Waals surface area contributed by atoms with Crippen molar-refractivity contribution in [2.45, 2.75) is 52.5 Å². The highest BCUT2D eigenvalue weighted by Gasteiger charge is 2.29. The number of aromatic nitrogens is 2. The van der Waals surface area contributed by atoms with Gasteiger partial charge in [-0.3, -0.25) is 4.79 Å². The van der Waals surface area contributed by atoms with Crippen LogP contribution in [0.5, 0.6) is 0 Å². The highest BCUT2D eigenvalue weighted by atomic mass is 35.5. The van der Waals surface area contributed by atoms with Gasteiger partial charge in [-0.15, -0.1) is 0 Å². The van der Waals surface area contributed by atoms with Crippen molar-refractivity contribution >= 4 is 23.4 Å². The maximum absolute atomic E-state index is 11.0. The van der Waals surface area contributed by atoms with Gasteiger partial charge in [0.2, 0.25) is 5.28 Å². The van der Waals surface area contributed by atoms with Gasteiger partial charge in [0.15, 0.2) is 0 Å². The van der Waals surface area contributed by atoms with Crippen LogP contribution in [0.4, 0.5) is 5.82 Å². The largest absolute Gasteiger partial charge is 0.481 e. The molecule has 0 bridgehead atoms. The molecule has 0 unspecified atom stereocenters. The van der Waals surface area contributed by atoms with Crippen LogP contribution in [0.25, 0.3) is 0 Å². The molecule has 110 valence electrons. The number of halogens is 1. The second kappa shape index (κ2) is 5.56. The molecule has 1 heterocycles. The molecular formula is C14H20ClN3O2. The smallest absolute Gasteiger partial charge is 0.305 e. The number of nitrogens with zero attached hydrogens (tertiary/aromatic N) is 2. The lowest BCUT2D eigenvalue weighted by atomic mass is 9.84. The third-order valence-corrected chi connectivity index (χ3v) is 3.81. The number of aryl methyl sites for hydroxylation is 1. The van der Waals surface area contributed by atoms with Crippen LogP contribution in [0.3, 0.4) is 0 Å². The van der Waals surface area contributed by atoms with E-state index in [4.69, 9.17) is 16.7 Å². The van der Waals surface area contributed by atoms with Gasteiger partial charge in [-0.05, 0) is 36.3 Å². The molecule has 0 fully saturated rings. The Morgan fingerprint density at radius 3 is 2.70 bits per heavy atom. The summed E-state index contributed by atoms with van der Waals surface area (Å²) in [5.74, 6) is -0.132. The molecule has 1 aromatic heterocycles. The van der Waals surface area contributed by atoms with Crippen LogP contribution in [0, 0.1) is 5.41 Å². The molecule has 2 N–H and O–H groups in total. The first-order valence-electron chi connectivity index (χ1n) is 6.81. The number of anilines is 1. The van der Waals surface area contributed by atoms with Crippen molar-refractivity contribution in [1.29, 1.82) is 0 Å². The standard InChI is InChI=1S/C14H20ClN3O2/c1-14(2,3)10(7-11(19)20)17-12-8-5-4-6-9(8)16-13(15)18-12/h10H,4-7H2,1-3H3,(H,19,20)(H,16,17,18)/t10-/m1/s1. The second-order valence-corrected chi connectivity index (χ2v) is 6.62. The zero-order valence-corrected chi connectivity index (χ0v) is 12.8. The van der Waals surface area contributed by atoms with Crippen LogP contribution in [-0.4, -0.2) is 27.1 Å². The Morgan fingerprint density at radius 1 is 1.40 bits per heavy atom. The number of hydrogen-bond donors (Lipinski definition) is 2. The first kappa shape index (κ1) is 15.0. The number of hydrogen-bond acceptors (Lipinski definition) is 4. The van der Waals surface area contributed by atoms with E-state index in [2.05, 4.69) is 15.3 Å². The summed E-state index contributed by atoms with van der Waals surface area (Å²) in [5, 5.41) is 12.6. The van der Waals surface area contributed by atoms with Gasteiger partial charge >= 0.3 is 5.97 Å². The molecular weight excluding hydrogens is 278 g/mol. The molecule has 0 aromatic carbocycles. The van der Waals surface area contributed by atoms with Crippen LogP contribution >= 0.6 is 11.6 Å². The van der Waals surface area contributed by atoms with E-state index in [0.717, 1.165) is 30.5 Å². The molecule has 0 spiro atoms. The summed E-state index contributed by atoms with van der Waals surface area (Å²) in [6.45, 7) is 6.03. The molecule has 0 aliphatic heterocycles. The first-order valence-corrected chi connectivity index (χ1v) is 7.19. The minimum atomic E-state index is -0.825.